The van der Waals surface area contributed by atoms with Crippen molar-refractivity contribution in [1.29, 1.82) is 0 Å². The molecule has 8 heteroatoms. The second kappa shape index (κ2) is 6.93. The molecule has 0 saturated carbocycles. The molecular weight excluding hydrogens is 328 g/mol. The SMILES string of the molecule is CCS(=O)(=O)N1CCC2(CC1)C[C@@H](COC)N(c1ncccn1)C2. The molecule has 2 saturated heterocycles. The molecule has 0 aromatic carbocycles. The van der Waals surface area contributed by atoms with E-state index < -0.39 is 10.0 Å². The van der Waals surface area contributed by atoms with Gasteiger partial charge in [-0.25, -0.2) is 22.7 Å². The molecule has 24 heavy (non-hydrogen) atoms. The zero-order valence-corrected chi connectivity index (χ0v) is 15.2. The topological polar surface area (TPSA) is 75.6 Å². The third-order valence-electron chi connectivity index (χ3n) is 5.32. The van der Waals surface area contributed by atoms with E-state index in [0.29, 0.717) is 19.7 Å². The fraction of sp³-hybridized carbons (Fsp3) is 0.750. The predicted octanol–water partition coefficient (Wildman–Crippen LogP) is 1.13. The van der Waals surface area contributed by atoms with Crippen LogP contribution < -0.4 is 4.90 Å². The Bertz CT molecular complexity index is 645. The van der Waals surface area contributed by atoms with E-state index in [0.717, 1.165) is 31.8 Å². The van der Waals surface area contributed by atoms with E-state index in [4.69, 9.17) is 4.74 Å². The van der Waals surface area contributed by atoms with Crippen LogP contribution in [0.3, 0.4) is 0 Å². The van der Waals surface area contributed by atoms with E-state index in [1.54, 1.807) is 30.7 Å². The van der Waals surface area contributed by atoms with Crippen LogP contribution in [-0.4, -0.2) is 67.8 Å². The normalized spacial score (nSPS) is 24.6. The number of anilines is 1. The minimum absolute atomic E-state index is 0.127. The Kier molecular flexibility index (Phi) is 5.08. The molecule has 1 aromatic rings. The van der Waals surface area contributed by atoms with Crippen LogP contribution in [0.2, 0.25) is 0 Å². The summed E-state index contributed by atoms with van der Waals surface area (Å²) in [4.78, 5) is 11.0. The van der Waals surface area contributed by atoms with E-state index in [1.165, 1.54) is 0 Å². The van der Waals surface area contributed by atoms with Gasteiger partial charge in [0.2, 0.25) is 16.0 Å². The van der Waals surface area contributed by atoms with Crippen molar-refractivity contribution < 1.29 is 13.2 Å². The molecular formula is C16H26N4O3S. The summed E-state index contributed by atoms with van der Waals surface area (Å²) in [7, 11) is -1.37. The fourth-order valence-electron chi connectivity index (χ4n) is 3.96. The van der Waals surface area contributed by atoms with Crippen molar-refractivity contribution >= 4 is 16.0 Å². The zero-order valence-electron chi connectivity index (χ0n) is 14.4. The Hall–Kier alpha value is -1.25. The van der Waals surface area contributed by atoms with Crippen LogP contribution in [0.1, 0.15) is 26.2 Å². The van der Waals surface area contributed by atoms with Crippen LogP contribution in [0.25, 0.3) is 0 Å². The van der Waals surface area contributed by atoms with E-state index in [9.17, 15) is 8.42 Å². The summed E-state index contributed by atoms with van der Waals surface area (Å²) in [6, 6.07) is 2.06. The molecule has 0 N–H and O–H groups in total. The van der Waals surface area contributed by atoms with Crippen molar-refractivity contribution in [1.82, 2.24) is 14.3 Å². The van der Waals surface area contributed by atoms with Gasteiger partial charge < -0.3 is 9.64 Å². The third-order valence-corrected chi connectivity index (χ3v) is 7.21. The Morgan fingerprint density at radius 2 is 1.96 bits per heavy atom. The van der Waals surface area contributed by atoms with Gasteiger partial charge >= 0.3 is 0 Å². The lowest BCUT2D eigenvalue weighted by Gasteiger charge is -2.38. The summed E-state index contributed by atoms with van der Waals surface area (Å²) in [6.45, 7) is 4.43. The number of rotatable bonds is 5. The smallest absolute Gasteiger partial charge is 0.225 e. The largest absolute Gasteiger partial charge is 0.383 e. The highest BCUT2D eigenvalue weighted by Crippen LogP contribution is 2.44. The lowest BCUT2D eigenvalue weighted by molar-refractivity contribution is 0.148. The fourth-order valence-corrected chi connectivity index (χ4v) is 5.07. The molecule has 2 fully saturated rings. The molecule has 0 aliphatic carbocycles. The number of piperidine rings is 1. The van der Waals surface area contributed by atoms with Crippen LogP contribution >= 0.6 is 0 Å². The molecule has 1 aromatic heterocycles. The Morgan fingerprint density at radius 1 is 1.29 bits per heavy atom. The monoisotopic (exact) mass is 354 g/mol. The van der Waals surface area contributed by atoms with Crippen LogP contribution in [0.4, 0.5) is 5.95 Å². The van der Waals surface area contributed by atoms with Crippen molar-refractivity contribution in [2.75, 3.05) is 44.0 Å². The van der Waals surface area contributed by atoms with Crippen LogP contribution in [0.5, 0.6) is 0 Å². The van der Waals surface area contributed by atoms with Crippen LogP contribution in [-0.2, 0) is 14.8 Å². The highest BCUT2D eigenvalue weighted by atomic mass is 32.2. The van der Waals surface area contributed by atoms with Gasteiger partial charge in [0, 0.05) is 39.1 Å². The highest BCUT2D eigenvalue weighted by molar-refractivity contribution is 7.89. The molecule has 134 valence electrons. The summed E-state index contributed by atoms with van der Waals surface area (Å²) in [5, 5.41) is 0. The third kappa shape index (κ3) is 3.41. The molecule has 0 amide bonds. The van der Waals surface area contributed by atoms with Crippen molar-refractivity contribution in [2.24, 2.45) is 5.41 Å². The van der Waals surface area contributed by atoms with Gasteiger partial charge in [0.1, 0.15) is 0 Å². The minimum Gasteiger partial charge on any atom is -0.383 e. The Labute approximate surface area is 144 Å². The van der Waals surface area contributed by atoms with Gasteiger partial charge in [0.25, 0.3) is 0 Å². The molecule has 1 spiro atoms. The zero-order chi connectivity index (χ0) is 17.2. The molecule has 0 radical (unpaired) electrons. The lowest BCUT2D eigenvalue weighted by Crippen LogP contribution is -2.44. The van der Waals surface area contributed by atoms with Crippen LogP contribution in [0, 0.1) is 5.41 Å². The number of methoxy groups -OCH3 is 1. The average molecular weight is 354 g/mol. The number of nitrogens with zero attached hydrogens (tertiary/aromatic N) is 4. The molecule has 1 atom stereocenters. The highest BCUT2D eigenvalue weighted by Gasteiger charge is 2.47. The first-order valence-corrected chi connectivity index (χ1v) is 10.1. The van der Waals surface area contributed by atoms with Crippen molar-refractivity contribution in [3.05, 3.63) is 18.5 Å². The standard InChI is InChI=1S/C16H26N4O3S/c1-3-24(21,22)19-9-5-16(6-10-19)11-14(12-23-2)20(13-16)15-17-7-4-8-18-15/h4,7-8,14H,3,5-6,9-13H2,1-2H3/t14-/m0/s1. The van der Waals surface area contributed by atoms with Crippen molar-refractivity contribution in [3.63, 3.8) is 0 Å². The number of hydrogen-bond donors (Lipinski definition) is 0. The average Bonchev–Trinajstić information content (AvgIpc) is 2.94. The molecule has 2 aliphatic heterocycles. The first-order chi connectivity index (χ1) is 11.5. The summed E-state index contributed by atoms with van der Waals surface area (Å²) < 4.78 is 31.2. The Morgan fingerprint density at radius 3 is 2.54 bits per heavy atom. The predicted molar refractivity (Wildman–Crippen MR) is 92.4 cm³/mol. The maximum Gasteiger partial charge on any atom is 0.225 e. The first kappa shape index (κ1) is 17.6. The van der Waals surface area contributed by atoms with Gasteiger partial charge in [-0.1, -0.05) is 0 Å². The summed E-state index contributed by atoms with van der Waals surface area (Å²) in [6.07, 6.45) is 6.28. The number of aromatic nitrogens is 2. The van der Waals surface area contributed by atoms with Gasteiger partial charge in [-0.2, -0.15) is 0 Å². The molecule has 2 aliphatic rings. The van der Waals surface area contributed by atoms with Crippen molar-refractivity contribution in [2.45, 2.75) is 32.2 Å². The summed E-state index contributed by atoms with van der Waals surface area (Å²) >= 11 is 0. The first-order valence-electron chi connectivity index (χ1n) is 8.50. The minimum atomic E-state index is -3.09. The second-order valence-corrected chi connectivity index (χ2v) is 9.05. The quantitative estimate of drug-likeness (QED) is 0.789. The second-order valence-electron chi connectivity index (χ2n) is 6.79. The van der Waals surface area contributed by atoms with Crippen LogP contribution in [0.15, 0.2) is 18.5 Å². The van der Waals surface area contributed by atoms with Gasteiger partial charge in [0.15, 0.2) is 0 Å². The summed E-state index contributed by atoms with van der Waals surface area (Å²) in [5.41, 5.74) is 0.127. The van der Waals surface area contributed by atoms with Gasteiger partial charge in [-0.3, -0.25) is 0 Å². The molecule has 0 bridgehead atoms. The van der Waals surface area contributed by atoms with E-state index in [-0.39, 0.29) is 17.2 Å². The van der Waals surface area contributed by atoms with Gasteiger partial charge in [-0.05, 0) is 37.7 Å². The molecule has 7 nitrogen and oxygen atoms in total. The van der Waals surface area contributed by atoms with E-state index in [1.807, 2.05) is 6.07 Å². The van der Waals surface area contributed by atoms with E-state index >= 15 is 0 Å². The molecule has 3 rings (SSSR count). The number of sulfonamides is 1. The van der Waals surface area contributed by atoms with E-state index in [2.05, 4.69) is 14.9 Å². The maximum atomic E-state index is 12.1. The lowest BCUT2D eigenvalue weighted by atomic mass is 9.77. The van der Waals surface area contributed by atoms with Gasteiger partial charge in [-0.15, -0.1) is 0 Å². The maximum absolute atomic E-state index is 12.1. The van der Waals surface area contributed by atoms with Gasteiger partial charge in [0.05, 0.1) is 18.4 Å². The Balaban J connectivity index is 1.74. The number of ether oxygens (including phenoxy) is 1. The number of hydrogen-bond acceptors (Lipinski definition) is 6. The molecule has 0 unspecified atom stereocenters. The summed E-state index contributed by atoms with van der Waals surface area (Å²) in [5.74, 6) is 0.913. The van der Waals surface area contributed by atoms with Crippen molar-refractivity contribution in [3.8, 4) is 0 Å². The molecule has 3 heterocycles.